The van der Waals surface area contributed by atoms with E-state index in [1.165, 1.54) is 27.3 Å². The average molecular weight is 328 g/mol. The monoisotopic (exact) mass is 328 g/mol. The first-order valence-electron chi connectivity index (χ1n) is 8.19. The Morgan fingerprint density at radius 3 is 2.87 bits per heavy atom. The van der Waals surface area contributed by atoms with Crippen LogP contribution in [0.25, 0.3) is 5.57 Å². The number of thiazole rings is 1. The van der Waals surface area contributed by atoms with Crippen LogP contribution in [0.3, 0.4) is 0 Å². The number of aliphatic hydroxyl groups excluding tert-OH is 1. The van der Waals surface area contributed by atoms with E-state index in [0.29, 0.717) is 5.92 Å². The minimum absolute atomic E-state index is 0.220. The summed E-state index contributed by atoms with van der Waals surface area (Å²) in [4.78, 5) is 6.73. The smallest absolute Gasteiger partial charge is 0.0997 e. The van der Waals surface area contributed by atoms with Crippen molar-refractivity contribution in [2.24, 2.45) is 0 Å². The standard InChI is InChI=1S/C19H24N2OS/c1-14(19-20-8-12-23-19)18-16(7-9-21(2)10-11-22)13-15-5-3-4-6-17(15)18/h3-6,8,12,14,22H,7,9-11,13H2,1-2H3. The summed E-state index contributed by atoms with van der Waals surface area (Å²) in [6, 6.07) is 8.76. The third-order valence-corrected chi connectivity index (χ3v) is 5.58. The van der Waals surface area contributed by atoms with E-state index < -0.39 is 0 Å². The summed E-state index contributed by atoms with van der Waals surface area (Å²) in [7, 11) is 2.07. The summed E-state index contributed by atoms with van der Waals surface area (Å²) in [6.45, 7) is 4.21. The van der Waals surface area contributed by atoms with Crippen LogP contribution in [0.1, 0.15) is 35.4 Å². The fraction of sp³-hybridized carbons (Fsp3) is 0.421. The number of hydrogen-bond acceptors (Lipinski definition) is 4. The SMILES string of the molecule is CC(C1=C(CCN(C)CCO)Cc2ccccc21)c1nccs1. The van der Waals surface area contributed by atoms with E-state index in [-0.39, 0.29) is 6.61 Å². The Kier molecular flexibility index (Phi) is 5.26. The summed E-state index contributed by atoms with van der Waals surface area (Å²) in [6.07, 6.45) is 4.00. The maximum Gasteiger partial charge on any atom is 0.0997 e. The number of aliphatic hydroxyl groups is 1. The van der Waals surface area contributed by atoms with Crippen molar-refractivity contribution < 1.29 is 5.11 Å². The molecular formula is C19H24N2OS. The van der Waals surface area contributed by atoms with E-state index in [0.717, 1.165) is 25.9 Å². The number of nitrogens with zero attached hydrogens (tertiary/aromatic N) is 2. The van der Waals surface area contributed by atoms with Gasteiger partial charge < -0.3 is 10.0 Å². The number of benzene rings is 1. The second-order valence-electron chi connectivity index (χ2n) is 6.22. The van der Waals surface area contributed by atoms with Crippen LogP contribution in [0.15, 0.2) is 41.4 Å². The van der Waals surface area contributed by atoms with Crippen LogP contribution in [0, 0.1) is 0 Å². The molecule has 3 nitrogen and oxygen atoms in total. The molecule has 0 saturated heterocycles. The fourth-order valence-electron chi connectivity index (χ4n) is 3.40. The van der Waals surface area contributed by atoms with Crippen LogP contribution in [0.4, 0.5) is 0 Å². The van der Waals surface area contributed by atoms with Crippen LogP contribution in [0.2, 0.25) is 0 Å². The van der Waals surface area contributed by atoms with Crippen LogP contribution in [-0.2, 0) is 6.42 Å². The summed E-state index contributed by atoms with van der Waals surface area (Å²) in [5.41, 5.74) is 5.83. The third kappa shape index (κ3) is 3.55. The van der Waals surface area contributed by atoms with Crippen LogP contribution >= 0.6 is 11.3 Å². The van der Waals surface area contributed by atoms with Crippen LogP contribution < -0.4 is 0 Å². The molecule has 0 radical (unpaired) electrons. The van der Waals surface area contributed by atoms with Gasteiger partial charge in [0, 0.05) is 30.6 Å². The van der Waals surface area contributed by atoms with Crippen LogP contribution in [-0.4, -0.2) is 41.7 Å². The van der Waals surface area contributed by atoms with Crippen molar-refractivity contribution in [1.82, 2.24) is 9.88 Å². The normalized spacial score (nSPS) is 15.3. The Morgan fingerprint density at radius 2 is 2.13 bits per heavy atom. The zero-order valence-electron chi connectivity index (χ0n) is 13.8. The summed E-state index contributed by atoms with van der Waals surface area (Å²) in [5, 5.41) is 12.3. The van der Waals surface area contributed by atoms with Crippen molar-refractivity contribution in [2.75, 3.05) is 26.7 Å². The highest BCUT2D eigenvalue weighted by Gasteiger charge is 2.26. The average Bonchev–Trinajstić information content (AvgIpc) is 3.20. The lowest BCUT2D eigenvalue weighted by Crippen LogP contribution is -2.23. The Balaban J connectivity index is 1.88. The van der Waals surface area contributed by atoms with E-state index in [4.69, 9.17) is 5.11 Å². The van der Waals surface area contributed by atoms with Crippen molar-refractivity contribution in [2.45, 2.75) is 25.7 Å². The maximum atomic E-state index is 9.08. The molecule has 122 valence electrons. The topological polar surface area (TPSA) is 36.4 Å². The zero-order valence-corrected chi connectivity index (χ0v) is 14.6. The molecule has 1 aliphatic carbocycles. The van der Waals surface area contributed by atoms with E-state index in [2.05, 4.69) is 53.5 Å². The van der Waals surface area contributed by atoms with Crippen molar-refractivity contribution in [1.29, 1.82) is 0 Å². The van der Waals surface area contributed by atoms with Crippen molar-refractivity contribution in [3.63, 3.8) is 0 Å². The second kappa shape index (κ2) is 7.39. The predicted molar refractivity (Wildman–Crippen MR) is 96.8 cm³/mol. The van der Waals surface area contributed by atoms with Gasteiger partial charge in [0.2, 0.25) is 0 Å². The molecular weight excluding hydrogens is 304 g/mol. The quantitative estimate of drug-likeness (QED) is 0.844. The van der Waals surface area contributed by atoms with Gasteiger partial charge in [-0.3, -0.25) is 0 Å². The molecule has 23 heavy (non-hydrogen) atoms. The Hall–Kier alpha value is -1.49. The van der Waals surface area contributed by atoms with Crippen LogP contribution in [0.5, 0.6) is 0 Å². The molecule has 1 N–H and O–H groups in total. The lowest BCUT2D eigenvalue weighted by molar-refractivity contribution is 0.222. The van der Waals surface area contributed by atoms with E-state index in [1.54, 1.807) is 11.3 Å². The van der Waals surface area contributed by atoms with Gasteiger partial charge in [-0.25, -0.2) is 4.98 Å². The van der Waals surface area contributed by atoms with E-state index >= 15 is 0 Å². The minimum atomic E-state index is 0.220. The number of fused-ring (bicyclic) bond motifs is 1. The van der Waals surface area contributed by atoms with Gasteiger partial charge in [-0.15, -0.1) is 11.3 Å². The molecule has 1 unspecified atom stereocenters. The van der Waals surface area contributed by atoms with Gasteiger partial charge in [-0.2, -0.15) is 0 Å². The minimum Gasteiger partial charge on any atom is -0.395 e. The zero-order chi connectivity index (χ0) is 16.2. The summed E-state index contributed by atoms with van der Waals surface area (Å²) < 4.78 is 0. The van der Waals surface area contributed by atoms with Crippen molar-refractivity contribution in [3.8, 4) is 0 Å². The van der Waals surface area contributed by atoms with E-state index in [9.17, 15) is 0 Å². The molecule has 1 aromatic heterocycles. The lowest BCUT2D eigenvalue weighted by atomic mass is 9.93. The number of rotatable bonds is 7. The molecule has 2 aromatic rings. The van der Waals surface area contributed by atoms with Crippen molar-refractivity contribution >= 4 is 16.9 Å². The molecule has 0 bridgehead atoms. The largest absolute Gasteiger partial charge is 0.395 e. The van der Waals surface area contributed by atoms with Gasteiger partial charge in [-0.1, -0.05) is 36.8 Å². The number of likely N-dealkylation sites (N-methyl/N-ethyl adjacent to an activating group) is 1. The molecule has 3 rings (SSSR count). The molecule has 4 heteroatoms. The summed E-state index contributed by atoms with van der Waals surface area (Å²) in [5.74, 6) is 0.344. The fourth-order valence-corrected chi connectivity index (χ4v) is 4.10. The molecule has 1 atom stereocenters. The van der Waals surface area contributed by atoms with Crippen molar-refractivity contribution in [3.05, 3.63) is 57.6 Å². The molecule has 0 spiro atoms. The Morgan fingerprint density at radius 1 is 1.30 bits per heavy atom. The third-order valence-electron chi connectivity index (χ3n) is 4.62. The molecule has 0 saturated carbocycles. The van der Waals surface area contributed by atoms with Gasteiger partial charge in [-0.05, 0) is 36.6 Å². The van der Waals surface area contributed by atoms with Gasteiger partial charge in [0.05, 0.1) is 11.6 Å². The number of hydrogen-bond donors (Lipinski definition) is 1. The Bertz CT molecular complexity index is 678. The summed E-state index contributed by atoms with van der Waals surface area (Å²) >= 11 is 1.74. The predicted octanol–water partition coefficient (Wildman–Crippen LogP) is 3.57. The highest BCUT2D eigenvalue weighted by molar-refractivity contribution is 7.09. The van der Waals surface area contributed by atoms with Gasteiger partial charge in [0.25, 0.3) is 0 Å². The molecule has 0 fully saturated rings. The van der Waals surface area contributed by atoms with Gasteiger partial charge in [0.1, 0.15) is 0 Å². The number of allylic oxidation sites excluding steroid dienone is 1. The molecule has 1 aromatic carbocycles. The molecule has 1 aliphatic rings. The van der Waals surface area contributed by atoms with Gasteiger partial charge in [0.15, 0.2) is 0 Å². The maximum absolute atomic E-state index is 9.08. The Labute approximate surface area is 142 Å². The van der Waals surface area contributed by atoms with E-state index in [1.807, 2.05) is 6.20 Å². The highest BCUT2D eigenvalue weighted by Crippen LogP contribution is 2.43. The molecule has 0 amide bonds. The lowest BCUT2D eigenvalue weighted by Gasteiger charge is -2.18. The molecule has 0 aliphatic heterocycles. The highest BCUT2D eigenvalue weighted by atomic mass is 32.1. The first kappa shape index (κ1) is 16.4. The number of aromatic nitrogens is 1. The first-order chi connectivity index (χ1) is 11.2. The van der Waals surface area contributed by atoms with Gasteiger partial charge >= 0.3 is 0 Å². The first-order valence-corrected chi connectivity index (χ1v) is 9.07. The second-order valence-corrected chi connectivity index (χ2v) is 7.15. The molecule has 1 heterocycles.